The van der Waals surface area contributed by atoms with Crippen LogP contribution < -0.4 is 0 Å². The van der Waals surface area contributed by atoms with Crippen molar-refractivity contribution < 1.29 is 19.1 Å². The molecule has 1 aliphatic heterocycles. The third kappa shape index (κ3) is 3.47. The molecule has 3 rings (SSSR count). The molecule has 22 heavy (non-hydrogen) atoms. The molecule has 1 saturated heterocycles. The predicted octanol–water partition coefficient (Wildman–Crippen LogP) is 3.48. The summed E-state index contributed by atoms with van der Waals surface area (Å²) in [5, 5.41) is 0. The van der Waals surface area contributed by atoms with E-state index in [0.717, 1.165) is 44.9 Å². The summed E-state index contributed by atoms with van der Waals surface area (Å²) in [7, 11) is 0. The van der Waals surface area contributed by atoms with Crippen molar-refractivity contribution in [1.82, 2.24) is 0 Å². The van der Waals surface area contributed by atoms with Crippen LogP contribution in [-0.2, 0) is 19.1 Å². The lowest BCUT2D eigenvalue weighted by Gasteiger charge is -2.27. The van der Waals surface area contributed by atoms with Crippen molar-refractivity contribution in [3.8, 4) is 0 Å². The monoisotopic (exact) mass is 308 g/mol. The molecule has 3 aliphatic rings. The Bertz CT molecular complexity index is 370. The quantitative estimate of drug-likeness (QED) is 0.643. The largest absolute Gasteiger partial charge is 0.465 e. The molecule has 2 bridgehead atoms. The van der Waals surface area contributed by atoms with Gasteiger partial charge in [-0.2, -0.15) is 0 Å². The topological polar surface area (TPSA) is 52.6 Å². The van der Waals surface area contributed by atoms with Crippen LogP contribution in [0, 0.1) is 23.7 Å². The normalized spacial score (nSPS) is 37.6. The summed E-state index contributed by atoms with van der Waals surface area (Å²) in [4.78, 5) is 24.9. The van der Waals surface area contributed by atoms with E-state index in [1.165, 1.54) is 19.3 Å². The first-order chi connectivity index (χ1) is 10.8. The summed E-state index contributed by atoms with van der Waals surface area (Å²) < 4.78 is 11.0. The Kier molecular flexibility index (Phi) is 5.37. The molecule has 0 N–H and O–H groups in total. The Hall–Kier alpha value is -1.06. The number of ether oxygens (including phenoxy) is 2. The highest BCUT2D eigenvalue weighted by Crippen LogP contribution is 2.53. The fourth-order valence-corrected chi connectivity index (χ4v) is 4.60. The first-order valence-electron chi connectivity index (χ1n) is 9.10. The van der Waals surface area contributed by atoms with E-state index in [9.17, 15) is 9.59 Å². The van der Waals surface area contributed by atoms with Crippen LogP contribution >= 0.6 is 0 Å². The average molecular weight is 308 g/mol. The molecular formula is C18H28O4. The van der Waals surface area contributed by atoms with E-state index in [-0.39, 0.29) is 23.8 Å². The van der Waals surface area contributed by atoms with E-state index in [0.29, 0.717) is 25.0 Å². The Labute approximate surface area is 132 Å². The molecular weight excluding hydrogens is 280 g/mol. The summed E-state index contributed by atoms with van der Waals surface area (Å²) in [6, 6.07) is 0. The van der Waals surface area contributed by atoms with Gasteiger partial charge in [0.2, 0.25) is 0 Å². The van der Waals surface area contributed by atoms with Gasteiger partial charge in [-0.05, 0) is 43.9 Å². The van der Waals surface area contributed by atoms with Gasteiger partial charge in [0, 0.05) is 0 Å². The first-order valence-corrected chi connectivity index (χ1v) is 9.10. The van der Waals surface area contributed by atoms with E-state index in [4.69, 9.17) is 9.47 Å². The molecule has 0 aromatic heterocycles. The third-order valence-corrected chi connectivity index (χ3v) is 5.74. The van der Waals surface area contributed by atoms with Crippen LogP contribution in [0.1, 0.15) is 64.2 Å². The van der Waals surface area contributed by atoms with E-state index in [2.05, 4.69) is 0 Å². The lowest BCUT2D eigenvalue weighted by atomic mass is 9.79. The molecule has 2 aliphatic carbocycles. The molecule has 4 atom stereocenters. The fourth-order valence-electron chi connectivity index (χ4n) is 4.60. The van der Waals surface area contributed by atoms with E-state index >= 15 is 0 Å². The number of carbonyl (C=O) groups is 2. The maximum absolute atomic E-state index is 12.4. The summed E-state index contributed by atoms with van der Waals surface area (Å²) >= 11 is 0. The first kappa shape index (κ1) is 15.8. The van der Waals surface area contributed by atoms with Gasteiger partial charge in [0.05, 0.1) is 25.0 Å². The number of hydrogen-bond acceptors (Lipinski definition) is 4. The fraction of sp³-hybridized carbons (Fsp3) is 0.889. The van der Waals surface area contributed by atoms with Gasteiger partial charge in [-0.25, -0.2) is 0 Å². The molecule has 4 heteroatoms. The molecule has 2 saturated carbocycles. The van der Waals surface area contributed by atoms with Crippen LogP contribution in [0.5, 0.6) is 0 Å². The van der Waals surface area contributed by atoms with Crippen molar-refractivity contribution in [1.29, 1.82) is 0 Å². The molecule has 0 aromatic carbocycles. The number of esters is 2. The zero-order chi connectivity index (χ0) is 15.4. The maximum atomic E-state index is 12.4. The van der Waals surface area contributed by atoms with Crippen LogP contribution in [0.2, 0.25) is 0 Å². The molecule has 0 radical (unpaired) electrons. The Balaban J connectivity index is 1.65. The zero-order valence-corrected chi connectivity index (χ0v) is 13.4. The Morgan fingerprint density at radius 3 is 1.50 bits per heavy atom. The van der Waals surface area contributed by atoms with Crippen LogP contribution in [0.4, 0.5) is 0 Å². The average Bonchev–Trinajstić information content (AvgIpc) is 3.12. The molecule has 1 heterocycles. The molecule has 0 amide bonds. The summed E-state index contributed by atoms with van der Waals surface area (Å²) in [6.07, 6.45) is 10.9. The number of cyclic esters (lactones) is 2. The number of carbonyl (C=O) groups excluding carboxylic acids is 2. The molecule has 4 unspecified atom stereocenters. The van der Waals surface area contributed by atoms with E-state index in [1.807, 2.05) is 0 Å². The Morgan fingerprint density at radius 1 is 0.636 bits per heavy atom. The van der Waals surface area contributed by atoms with Crippen molar-refractivity contribution in [2.75, 3.05) is 13.2 Å². The van der Waals surface area contributed by atoms with Gasteiger partial charge in [0.15, 0.2) is 0 Å². The van der Waals surface area contributed by atoms with Gasteiger partial charge in [0.25, 0.3) is 0 Å². The van der Waals surface area contributed by atoms with Gasteiger partial charge in [-0.15, -0.1) is 0 Å². The second kappa shape index (κ2) is 7.47. The van der Waals surface area contributed by atoms with Gasteiger partial charge in [0.1, 0.15) is 0 Å². The van der Waals surface area contributed by atoms with Crippen LogP contribution in [-0.4, -0.2) is 25.2 Å². The maximum Gasteiger partial charge on any atom is 0.310 e. The molecule has 4 nitrogen and oxygen atoms in total. The highest BCUT2D eigenvalue weighted by atomic mass is 16.5. The SMILES string of the molecule is O=C1OCCCCCCCCCOC(=O)C2C3CCC(C3)C12. The minimum Gasteiger partial charge on any atom is -0.465 e. The molecule has 3 fully saturated rings. The van der Waals surface area contributed by atoms with Crippen molar-refractivity contribution in [2.45, 2.75) is 64.2 Å². The van der Waals surface area contributed by atoms with Crippen molar-refractivity contribution in [2.24, 2.45) is 23.7 Å². The van der Waals surface area contributed by atoms with Crippen LogP contribution in [0.25, 0.3) is 0 Å². The van der Waals surface area contributed by atoms with Crippen LogP contribution in [0.3, 0.4) is 0 Å². The predicted molar refractivity (Wildman–Crippen MR) is 82.0 cm³/mol. The van der Waals surface area contributed by atoms with Crippen LogP contribution in [0.15, 0.2) is 0 Å². The van der Waals surface area contributed by atoms with Gasteiger partial charge in [-0.1, -0.05) is 32.1 Å². The highest BCUT2D eigenvalue weighted by molar-refractivity contribution is 5.83. The summed E-state index contributed by atoms with van der Waals surface area (Å²) in [5.74, 6) is -0.0998. The number of hydrogen-bond donors (Lipinski definition) is 0. The summed E-state index contributed by atoms with van der Waals surface area (Å²) in [5.41, 5.74) is 0. The minimum atomic E-state index is -0.239. The van der Waals surface area contributed by atoms with Gasteiger partial charge >= 0.3 is 11.9 Å². The van der Waals surface area contributed by atoms with E-state index < -0.39 is 0 Å². The lowest BCUT2D eigenvalue weighted by molar-refractivity contribution is -0.163. The van der Waals surface area contributed by atoms with Crippen molar-refractivity contribution in [3.63, 3.8) is 0 Å². The lowest BCUT2D eigenvalue weighted by Crippen LogP contribution is -2.37. The van der Waals surface area contributed by atoms with Gasteiger partial charge in [-0.3, -0.25) is 9.59 Å². The third-order valence-electron chi connectivity index (χ3n) is 5.74. The van der Waals surface area contributed by atoms with Crippen molar-refractivity contribution >= 4 is 11.9 Å². The Morgan fingerprint density at radius 2 is 1.05 bits per heavy atom. The van der Waals surface area contributed by atoms with Crippen molar-refractivity contribution in [3.05, 3.63) is 0 Å². The minimum absolute atomic E-state index is 0.149. The number of fused-ring (bicyclic) bond motifs is 5. The second-order valence-electron chi connectivity index (χ2n) is 7.19. The van der Waals surface area contributed by atoms with E-state index in [1.54, 1.807) is 0 Å². The van der Waals surface area contributed by atoms with Gasteiger partial charge < -0.3 is 9.47 Å². The molecule has 124 valence electrons. The number of rotatable bonds is 0. The smallest absolute Gasteiger partial charge is 0.310 e. The second-order valence-corrected chi connectivity index (χ2v) is 7.19. The summed E-state index contributed by atoms with van der Waals surface area (Å²) in [6.45, 7) is 1.02. The zero-order valence-electron chi connectivity index (χ0n) is 13.4. The highest BCUT2D eigenvalue weighted by Gasteiger charge is 2.55. The standard InChI is InChI=1S/C18H28O4/c19-17-15-13-8-9-14(12-13)16(15)18(20)22-11-7-5-3-1-2-4-6-10-21-17/h13-16H,1-12H2. The molecule has 0 aromatic rings. The molecule has 0 spiro atoms.